The summed E-state index contributed by atoms with van der Waals surface area (Å²) in [5.41, 5.74) is 0.996. The van der Waals surface area contributed by atoms with Gasteiger partial charge in [-0.2, -0.15) is 11.8 Å². The Hall–Kier alpha value is -1.37. The van der Waals surface area contributed by atoms with E-state index in [1.54, 1.807) is 23.9 Å². The third-order valence-electron chi connectivity index (χ3n) is 3.95. The molecule has 7 heteroatoms. The van der Waals surface area contributed by atoms with Crippen LogP contribution in [0.2, 0.25) is 0 Å². The lowest BCUT2D eigenvalue weighted by molar-refractivity contribution is -0.274. The molecule has 1 saturated heterocycles. The molecule has 1 fully saturated rings. The van der Waals surface area contributed by atoms with Crippen LogP contribution in [0.5, 0.6) is 5.75 Å². The van der Waals surface area contributed by atoms with Crippen LogP contribution in [0, 0.1) is 0 Å². The zero-order chi connectivity index (χ0) is 16.9. The van der Waals surface area contributed by atoms with Gasteiger partial charge in [-0.1, -0.05) is 12.1 Å². The van der Waals surface area contributed by atoms with Crippen LogP contribution in [0.15, 0.2) is 24.3 Å². The minimum atomic E-state index is -4.66. The number of hydrogen-bond acceptors (Lipinski definition) is 3. The van der Waals surface area contributed by atoms with Gasteiger partial charge >= 0.3 is 6.36 Å². The molecular formula is C16H20F3NO2S. The zero-order valence-corrected chi connectivity index (χ0v) is 13.8. The van der Waals surface area contributed by atoms with E-state index in [-0.39, 0.29) is 17.6 Å². The van der Waals surface area contributed by atoms with Crippen molar-refractivity contribution in [2.45, 2.75) is 31.5 Å². The first kappa shape index (κ1) is 18.0. The van der Waals surface area contributed by atoms with E-state index in [1.165, 1.54) is 12.1 Å². The molecule has 0 N–H and O–H groups in total. The van der Waals surface area contributed by atoms with Crippen molar-refractivity contribution in [3.63, 3.8) is 0 Å². The maximum atomic E-state index is 12.1. The van der Waals surface area contributed by atoms with E-state index in [2.05, 4.69) is 4.74 Å². The number of rotatable bonds is 5. The van der Waals surface area contributed by atoms with Crippen molar-refractivity contribution in [2.75, 3.05) is 25.1 Å². The molecule has 0 unspecified atom stereocenters. The lowest BCUT2D eigenvalue weighted by Gasteiger charge is -2.32. The van der Waals surface area contributed by atoms with Gasteiger partial charge in [0.15, 0.2) is 0 Å². The number of benzene rings is 1. The highest BCUT2D eigenvalue weighted by molar-refractivity contribution is 7.98. The Balaban J connectivity index is 1.86. The third kappa shape index (κ3) is 5.64. The van der Waals surface area contributed by atoms with Crippen LogP contribution in [0.4, 0.5) is 13.2 Å². The first-order valence-electron chi connectivity index (χ1n) is 7.51. The van der Waals surface area contributed by atoms with Gasteiger partial charge in [0.2, 0.25) is 5.91 Å². The minimum Gasteiger partial charge on any atom is -0.406 e. The van der Waals surface area contributed by atoms with Crippen molar-refractivity contribution in [3.8, 4) is 5.75 Å². The van der Waals surface area contributed by atoms with Gasteiger partial charge in [0.1, 0.15) is 5.75 Å². The summed E-state index contributed by atoms with van der Waals surface area (Å²) < 4.78 is 40.3. The van der Waals surface area contributed by atoms with Gasteiger partial charge in [0.25, 0.3) is 0 Å². The van der Waals surface area contributed by atoms with Gasteiger partial charge < -0.3 is 9.64 Å². The van der Waals surface area contributed by atoms with E-state index >= 15 is 0 Å². The first-order valence-corrected chi connectivity index (χ1v) is 8.91. The number of amides is 1. The molecule has 23 heavy (non-hydrogen) atoms. The smallest absolute Gasteiger partial charge is 0.406 e. The second kappa shape index (κ2) is 7.95. The van der Waals surface area contributed by atoms with Crippen LogP contribution < -0.4 is 4.74 Å². The molecule has 1 aliphatic heterocycles. The molecule has 0 bridgehead atoms. The average Bonchev–Trinajstić information content (AvgIpc) is 2.52. The summed E-state index contributed by atoms with van der Waals surface area (Å²) in [4.78, 5) is 13.8. The Morgan fingerprint density at radius 3 is 2.39 bits per heavy atom. The first-order chi connectivity index (χ1) is 10.9. The van der Waals surface area contributed by atoms with Crippen molar-refractivity contribution >= 4 is 17.7 Å². The number of likely N-dealkylation sites (tertiary alicyclic amines) is 1. The Kier molecular flexibility index (Phi) is 6.21. The molecule has 1 amide bonds. The molecule has 3 nitrogen and oxygen atoms in total. The van der Waals surface area contributed by atoms with E-state index in [4.69, 9.17) is 0 Å². The highest BCUT2D eigenvalue weighted by Gasteiger charge is 2.31. The Labute approximate surface area is 138 Å². The van der Waals surface area contributed by atoms with Gasteiger partial charge in [-0.15, -0.1) is 13.2 Å². The second-order valence-corrected chi connectivity index (χ2v) is 6.50. The molecule has 0 radical (unpaired) electrons. The number of halogens is 3. The van der Waals surface area contributed by atoms with Gasteiger partial charge in [-0.3, -0.25) is 4.79 Å². The number of thioether (sulfide) groups is 1. The highest BCUT2D eigenvalue weighted by atomic mass is 32.2. The summed E-state index contributed by atoms with van der Waals surface area (Å²) in [6, 6.07) is 6.05. The van der Waals surface area contributed by atoms with Gasteiger partial charge in [0.05, 0.1) is 0 Å². The molecule has 2 rings (SSSR count). The molecule has 0 aliphatic carbocycles. The molecule has 1 aliphatic rings. The monoisotopic (exact) mass is 347 g/mol. The van der Waals surface area contributed by atoms with Gasteiger partial charge in [0, 0.05) is 25.3 Å². The van der Waals surface area contributed by atoms with Crippen LogP contribution in [0.3, 0.4) is 0 Å². The minimum absolute atomic E-state index is 0.187. The number of piperidine rings is 1. The number of carbonyl (C=O) groups excluding carboxylic acids is 1. The predicted molar refractivity (Wildman–Crippen MR) is 84.7 cm³/mol. The summed E-state index contributed by atoms with van der Waals surface area (Å²) in [6.45, 7) is 1.41. The standard InChI is InChI=1S/C16H20F3NO2S/c1-23-11-8-15(21)20-9-6-13(7-10-20)12-2-4-14(5-3-12)22-16(17,18)19/h2-5,13H,6-11H2,1H3. The fourth-order valence-electron chi connectivity index (χ4n) is 2.75. The van der Waals surface area contributed by atoms with E-state index < -0.39 is 6.36 Å². The number of carbonyl (C=O) groups is 1. The van der Waals surface area contributed by atoms with Crippen LogP contribution in [-0.2, 0) is 4.79 Å². The lowest BCUT2D eigenvalue weighted by Crippen LogP contribution is -2.38. The van der Waals surface area contributed by atoms with Gasteiger partial charge in [-0.05, 0) is 42.7 Å². The quantitative estimate of drug-likeness (QED) is 0.805. The fourth-order valence-corrected chi connectivity index (χ4v) is 3.13. The van der Waals surface area contributed by atoms with Crippen LogP contribution >= 0.6 is 11.8 Å². The second-order valence-electron chi connectivity index (χ2n) is 5.51. The molecule has 0 atom stereocenters. The van der Waals surface area contributed by atoms with Crippen LogP contribution in [0.25, 0.3) is 0 Å². The van der Waals surface area contributed by atoms with E-state index in [9.17, 15) is 18.0 Å². The Bertz CT molecular complexity index is 511. The van der Waals surface area contributed by atoms with Crippen molar-refractivity contribution in [2.24, 2.45) is 0 Å². The topological polar surface area (TPSA) is 29.5 Å². The highest BCUT2D eigenvalue weighted by Crippen LogP contribution is 2.30. The maximum absolute atomic E-state index is 12.1. The molecule has 1 aromatic carbocycles. The largest absolute Gasteiger partial charge is 0.573 e. The predicted octanol–water partition coefficient (Wildman–Crippen LogP) is 4.04. The van der Waals surface area contributed by atoms with Crippen molar-refractivity contribution in [3.05, 3.63) is 29.8 Å². The molecule has 0 saturated carbocycles. The Morgan fingerprint density at radius 1 is 1.26 bits per heavy atom. The molecular weight excluding hydrogens is 327 g/mol. The summed E-state index contributed by atoms with van der Waals surface area (Å²) >= 11 is 1.66. The normalized spacial score (nSPS) is 16.4. The lowest BCUT2D eigenvalue weighted by atomic mass is 9.89. The molecule has 128 valence electrons. The SMILES string of the molecule is CSCCC(=O)N1CCC(c2ccc(OC(F)(F)F)cc2)CC1. The Morgan fingerprint density at radius 2 is 1.87 bits per heavy atom. The summed E-state index contributed by atoms with van der Waals surface area (Å²) in [5.74, 6) is 1.09. The summed E-state index contributed by atoms with van der Waals surface area (Å²) in [6.07, 6.45) is -0.444. The van der Waals surface area contributed by atoms with Crippen molar-refractivity contribution in [1.82, 2.24) is 4.90 Å². The number of nitrogens with zero attached hydrogens (tertiary/aromatic N) is 1. The summed E-state index contributed by atoms with van der Waals surface area (Å²) in [7, 11) is 0. The van der Waals surface area contributed by atoms with Crippen LogP contribution in [0.1, 0.15) is 30.7 Å². The maximum Gasteiger partial charge on any atom is 0.573 e. The number of alkyl halides is 3. The number of ether oxygens (including phenoxy) is 1. The molecule has 1 aromatic rings. The van der Waals surface area contributed by atoms with Crippen molar-refractivity contribution in [1.29, 1.82) is 0 Å². The molecule has 0 aromatic heterocycles. The zero-order valence-electron chi connectivity index (χ0n) is 12.9. The fraction of sp³-hybridized carbons (Fsp3) is 0.562. The van der Waals surface area contributed by atoms with E-state index in [0.29, 0.717) is 19.5 Å². The number of hydrogen-bond donors (Lipinski definition) is 0. The van der Waals surface area contributed by atoms with E-state index in [1.807, 2.05) is 11.2 Å². The average molecular weight is 347 g/mol. The summed E-state index contributed by atoms with van der Waals surface area (Å²) in [5, 5.41) is 0. The molecule has 0 spiro atoms. The third-order valence-corrected chi connectivity index (χ3v) is 4.57. The molecule has 1 heterocycles. The van der Waals surface area contributed by atoms with Gasteiger partial charge in [-0.25, -0.2) is 0 Å². The van der Waals surface area contributed by atoms with Crippen LogP contribution in [-0.4, -0.2) is 42.3 Å². The van der Waals surface area contributed by atoms with E-state index in [0.717, 1.165) is 24.2 Å². The van der Waals surface area contributed by atoms with Crippen molar-refractivity contribution < 1.29 is 22.7 Å².